The van der Waals surface area contributed by atoms with Crippen LogP contribution in [-0.4, -0.2) is 15.7 Å². The third kappa shape index (κ3) is 4.12. The molecule has 1 atom stereocenters. The van der Waals surface area contributed by atoms with Crippen molar-refractivity contribution < 1.29 is 0 Å². The van der Waals surface area contributed by atoms with Crippen LogP contribution in [0.5, 0.6) is 0 Å². The van der Waals surface area contributed by atoms with E-state index in [1.54, 1.807) is 11.3 Å². The van der Waals surface area contributed by atoms with Crippen molar-refractivity contribution >= 4 is 11.3 Å². The van der Waals surface area contributed by atoms with Crippen LogP contribution in [0.4, 0.5) is 0 Å². The lowest BCUT2D eigenvalue weighted by Gasteiger charge is -2.19. The second-order valence-electron chi connectivity index (χ2n) is 6.01. The van der Waals surface area contributed by atoms with Gasteiger partial charge in [-0.05, 0) is 32.8 Å². The smallest absolute Gasteiger partial charge is 0.131 e. The van der Waals surface area contributed by atoms with Crippen molar-refractivity contribution in [3.63, 3.8) is 0 Å². The van der Waals surface area contributed by atoms with Crippen LogP contribution in [0.2, 0.25) is 0 Å². The molecule has 0 fully saturated rings. The van der Waals surface area contributed by atoms with Crippen LogP contribution >= 0.6 is 11.3 Å². The van der Waals surface area contributed by atoms with Crippen molar-refractivity contribution in [2.45, 2.75) is 52.1 Å². The topological polar surface area (TPSA) is 37.8 Å². The highest BCUT2D eigenvalue weighted by Gasteiger charge is 2.18. The fourth-order valence-electron chi connectivity index (χ4n) is 2.06. The molecule has 0 amide bonds. The molecule has 0 aliphatic carbocycles. The second-order valence-corrected chi connectivity index (χ2v) is 7.10. The zero-order chi connectivity index (χ0) is 14.6. The van der Waals surface area contributed by atoms with E-state index in [1.165, 1.54) is 5.56 Å². The van der Waals surface area contributed by atoms with Gasteiger partial charge in [-0.25, -0.2) is 0 Å². The molecule has 1 N–H and O–H groups in total. The van der Waals surface area contributed by atoms with Crippen molar-refractivity contribution in [2.75, 3.05) is 0 Å². The van der Waals surface area contributed by atoms with E-state index in [0.717, 1.165) is 23.0 Å². The first-order chi connectivity index (χ1) is 9.49. The minimum atomic E-state index is 0.107. The Bertz CT molecular complexity index is 528. The first kappa shape index (κ1) is 15.1. The van der Waals surface area contributed by atoms with Crippen LogP contribution in [0.1, 0.15) is 55.6 Å². The third-order valence-electron chi connectivity index (χ3n) is 3.16. The molecule has 0 aliphatic heterocycles. The average Bonchev–Trinajstić information content (AvgIpc) is 2.87. The Labute approximate surface area is 125 Å². The largest absolute Gasteiger partial charge is 0.306 e. The lowest BCUT2D eigenvalue weighted by atomic mass is 9.97. The number of hydrogen-bond acceptors (Lipinski definition) is 4. The summed E-state index contributed by atoms with van der Waals surface area (Å²) >= 11 is 1.72. The van der Waals surface area contributed by atoms with Gasteiger partial charge in [-0.1, -0.05) is 48.6 Å². The first-order valence-electron chi connectivity index (χ1n) is 7.12. The third-order valence-corrected chi connectivity index (χ3v) is 4.20. The van der Waals surface area contributed by atoms with E-state index < -0.39 is 0 Å². The predicted octanol–water partition coefficient (Wildman–Crippen LogP) is 3.97. The lowest BCUT2D eigenvalue weighted by molar-refractivity contribution is 0.423. The Morgan fingerprint density at radius 2 is 1.85 bits per heavy atom. The normalized spacial score (nSPS) is 13.4. The second kappa shape index (κ2) is 6.46. The number of benzene rings is 1. The Morgan fingerprint density at radius 3 is 2.45 bits per heavy atom. The summed E-state index contributed by atoms with van der Waals surface area (Å²) in [5.41, 5.74) is 1.43. The molecule has 3 nitrogen and oxygen atoms in total. The molecular formula is C16H23N3S. The van der Waals surface area contributed by atoms with Crippen LogP contribution in [0, 0.1) is 0 Å². The van der Waals surface area contributed by atoms with Gasteiger partial charge in [0.25, 0.3) is 0 Å². The molecule has 2 aromatic rings. The van der Waals surface area contributed by atoms with Gasteiger partial charge in [0.15, 0.2) is 0 Å². The minimum Gasteiger partial charge on any atom is -0.306 e. The van der Waals surface area contributed by atoms with E-state index in [0.29, 0.717) is 5.92 Å². The molecule has 0 saturated carbocycles. The Morgan fingerprint density at radius 1 is 1.15 bits per heavy atom. The molecule has 0 bridgehead atoms. The van der Waals surface area contributed by atoms with Crippen molar-refractivity contribution in [1.82, 2.24) is 15.5 Å². The van der Waals surface area contributed by atoms with E-state index in [2.05, 4.69) is 73.5 Å². The molecule has 0 radical (unpaired) electrons. The number of aromatic nitrogens is 2. The summed E-state index contributed by atoms with van der Waals surface area (Å²) in [6.45, 7) is 9.47. The highest BCUT2D eigenvalue weighted by molar-refractivity contribution is 7.11. The molecular weight excluding hydrogens is 266 g/mol. The fraction of sp³-hybridized carbons (Fsp3) is 0.500. The highest BCUT2D eigenvalue weighted by atomic mass is 32.1. The molecule has 1 aromatic heterocycles. The number of nitrogens with zero attached hydrogens (tertiary/aromatic N) is 2. The van der Waals surface area contributed by atoms with Crippen LogP contribution < -0.4 is 5.32 Å². The lowest BCUT2D eigenvalue weighted by Crippen LogP contribution is -2.35. The predicted molar refractivity (Wildman–Crippen MR) is 85.1 cm³/mol. The first-order valence-corrected chi connectivity index (χ1v) is 7.93. The standard InChI is InChI=1S/C16H23N3S/c1-5-13(12-9-7-6-8-10-12)15-19-18-14(20-15)11-17-16(2,3)4/h6-10,13,17H,5,11H2,1-4H3. The maximum atomic E-state index is 4.39. The quantitative estimate of drug-likeness (QED) is 0.905. The van der Waals surface area contributed by atoms with E-state index in [4.69, 9.17) is 0 Å². The van der Waals surface area contributed by atoms with Gasteiger partial charge in [0.05, 0.1) is 6.54 Å². The summed E-state index contributed by atoms with van der Waals surface area (Å²) in [6.07, 6.45) is 1.05. The Balaban J connectivity index is 2.11. The molecule has 1 unspecified atom stereocenters. The van der Waals surface area contributed by atoms with Gasteiger partial charge in [-0.15, -0.1) is 10.2 Å². The van der Waals surface area contributed by atoms with Crippen molar-refractivity contribution in [1.29, 1.82) is 0 Å². The molecule has 0 spiro atoms. The molecule has 0 aliphatic rings. The molecule has 0 saturated heterocycles. The maximum absolute atomic E-state index is 4.39. The van der Waals surface area contributed by atoms with Gasteiger partial charge in [-0.2, -0.15) is 0 Å². The van der Waals surface area contributed by atoms with E-state index >= 15 is 0 Å². The summed E-state index contributed by atoms with van der Waals surface area (Å²) in [4.78, 5) is 0. The number of nitrogens with one attached hydrogen (secondary N) is 1. The van der Waals surface area contributed by atoms with Crippen LogP contribution in [0.15, 0.2) is 30.3 Å². The van der Waals surface area contributed by atoms with Gasteiger partial charge in [0, 0.05) is 11.5 Å². The molecule has 2 rings (SSSR count). The molecule has 1 heterocycles. The minimum absolute atomic E-state index is 0.107. The average molecular weight is 289 g/mol. The summed E-state index contributed by atoms with van der Waals surface area (Å²) in [5, 5.41) is 14.3. The fourth-order valence-corrected chi connectivity index (χ4v) is 3.05. The Kier molecular flexibility index (Phi) is 4.89. The summed E-state index contributed by atoms with van der Waals surface area (Å²) < 4.78 is 0. The van der Waals surface area contributed by atoms with Crippen LogP contribution in [0.25, 0.3) is 0 Å². The maximum Gasteiger partial charge on any atom is 0.131 e. The van der Waals surface area contributed by atoms with Gasteiger partial charge in [0.1, 0.15) is 10.0 Å². The van der Waals surface area contributed by atoms with E-state index in [-0.39, 0.29) is 5.54 Å². The van der Waals surface area contributed by atoms with Crippen LogP contribution in [-0.2, 0) is 6.54 Å². The van der Waals surface area contributed by atoms with Crippen LogP contribution in [0.3, 0.4) is 0 Å². The number of hydrogen-bond donors (Lipinski definition) is 1. The Hall–Kier alpha value is -1.26. The van der Waals surface area contributed by atoms with Gasteiger partial charge < -0.3 is 5.32 Å². The monoisotopic (exact) mass is 289 g/mol. The van der Waals surface area contributed by atoms with E-state index in [9.17, 15) is 0 Å². The molecule has 20 heavy (non-hydrogen) atoms. The van der Waals surface area contributed by atoms with Gasteiger partial charge in [0.2, 0.25) is 0 Å². The SMILES string of the molecule is CCC(c1ccccc1)c1nnc(CNC(C)(C)C)s1. The van der Waals surface area contributed by atoms with Crippen molar-refractivity contribution in [3.8, 4) is 0 Å². The van der Waals surface area contributed by atoms with Gasteiger partial charge >= 0.3 is 0 Å². The van der Waals surface area contributed by atoms with Gasteiger partial charge in [-0.3, -0.25) is 0 Å². The van der Waals surface area contributed by atoms with Crippen molar-refractivity contribution in [3.05, 3.63) is 45.9 Å². The molecule has 4 heteroatoms. The highest BCUT2D eigenvalue weighted by Crippen LogP contribution is 2.29. The summed E-state index contributed by atoms with van der Waals surface area (Å²) in [6, 6.07) is 10.6. The zero-order valence-electron chi connectivity index (χ0n) is 12.7. The van der Waals surface area contributed by atoms with E-state index in [1.807, 2.05) is 0 Å². The molecule has 1 aromatic carbocycles. The number of rotatable bonds is 5. The summed E-state index contributed by atoms with van der Waals surface area (Å²) in [5.74, 6) is 0.358. The summed E-state index contributed by atoms with van der Waals surface area (Å²) in [7, 11) is 0. The zero-order valence-corrected chi connectivity index (χ0v) is 13.5. The van der Waals surface area contributed by atoms with Crippen molar-refractivity contribution in [2.24, 2.45) is 0 Å². The molecule has 108 valence electrons.